The van der Waals surface area contributed by atoms with Crippen molar-refractivity contribution in [3.63, 3.8) is 0 Å². The summed E-state index contributed by atoms with van der Waals surface area (Å²) in [5, 5.41) is 3.13. The highest BCUT2D eigenvalue weighted by Gasteiger charge is 2.42. The number of hydrogen-bond donors (Lipinski definition) is 1. The molecule has 4 nitrogen and oxygen atoms in total. The number of rotatable bonds is 8. The second kappa shape index (κ2) is 8.62. The summed E-state index contributed by atoms with van der Waals surface area (Å²) < 4.78 is 46.9. The molecule has 28 heavy (non-hydrogen) atoms. The van der Waals surface area contributed by atoms with Gasteiger partial charge in [0.1, 0.15) is 0 Å². The number of carbonyl (C=O) groups is 1. The van der Waals surface area contributed by atoms with E-state index in [0.29, 0.717) is 18.8 Å². The molecular formula is C21H28F3NO3. The molecule has 1 N–H and O–H groups in total. The average Bonchev–Trinajstić information content (AvgIpc) is 3.27. The van der Waals surface area contributed by atoms with Gasteiger partial charge in [0.2, 0.25) is 5.91 Å². The number of ether oxygens (including phenoxy) is 2. The van der Waals surface area contributed by atoms with Crippen LogP contribution >= 0.6 is 0 Å². The number of alkyl halides is 3. The second-order valence-corrected chi connectivity index (χ2v) is 8.08. The largest absolute Gasteiger partial charge is 0.493 e. The highest BCUT2D eigenvalue weighted by Crippen LogP contribution is 2.49. The minimum atomic E-state index is -4.41. The molecule has 7 heteroatoms. The lowest BCUT2D eigenvalue weighted by atomic mass is 9.84. The van der Waals surface area contributed by atoms with E-state index in [1.165, 1.54) is 38.9 Å². The van der Waals surface area contributed by atoms with Crippen molar-refractivity contribution in [2.24, 2.45) is 17.8 Å². The molecule has 4 atom stereocenters. The molecule has 1 aromatic rings. The van der Waals surface area contributed by atoms with Crippen LogP contribution in [-0.2, 0) is 11.2 Å². The first kappa shape index (κ1) is 20.8. The van der Waals surface area contributed by atoms with Gasteiger partial charge in [0.05, 0.1) is 7.11 Å². The quantitative estimate of drug-likeness (QED) is 0.700. The Labute approximate surface area is 163 Å². The van der Waals surface area contributed by atoms with Crippen molar-refractivity contribution in [2.75, 3.05) is 13.7 Å². The predicted molar refractivity (Wildman–Crippen MR) is 99.4 cm³/mol. The Hall–Kier alpha value is -1.92. The highest BCUT2D eigenvalue weighted by molar-refractivity contribution is 5.76. The molecule has 2 fully saturated rings. The first-order chi connectivity index (χ1) is 13.2. The van der Waals surface area contributed by atoms with E-state index in [2.05, 4.69) is 12.2 Å². The van der Waals surface area contributed by atoms with Gasteiger partial charge in [0.15, 0.2) is 18.1 Å². The molecular weight excluding hydrogens is 371 g/mol. The van der Waals surface area contributed by atoms with Gasteiger partial charge >= 0.3 is 6.18 Å². The molecule has 1 amide bonds. The van der Waals surface area contributed by atoms with Crippen LogP contribution in [0.1, 0.15) is 44.6 Å². The molecule has 3 rings (SSSR count). The van der Waals surface area contributed by atoms with Gasteiger partial charge in [-0.1, -0.05) is 12.5 Å². The number of hydrogen-bond acceptors (Lipinski definition) is 3. The van der Waals surface area contributed by atoms with E-state index in [1.54, 1.807) is 12.1 Å². The van der Waals surface area contributed by atoms with E-state index in [9.17, 15) is 18.0 Å². The first-order valence-corrected chi connectivity index (χ1v) is 9.91. The normalized spacial score (nSPS) is 24.8. The lowest BCUT2D eigenvalue weighted by Gasteiger charge is -2.28. The van der Waals surface area contributed by atoms with E-state index in [1.807, 2.05) is 0 Å². The predicted octanol–water partition coefficient (Wildman–Crippen LogP) is 4.51. The third-order valence-corrected chi connectivity index (χ3v) is 6.08. The molecule has 0 aliphatic heterocycles. The van der Waals surface area contributed by atoms with E-state index >= 15 is 0 Å². The van der Waals surface area contributed by atoms with Gasteiger partial charge in [0.25, 0.3) is 0 Å². The molecule has 4 unspecified atom stereocenters. The zero-order chi connectivity index (χ0) is 20.3. The first-order valence-electron chi connectivity index (χ1n) is 9.91. The van der Waals surface area contributed by atoms with Crippen LogP contribution in [0.15, 0.2) is 18.2 Å². The molecule has 0 heterocycles. The maximum Gasteiger partial charge on any atom is 0.422 e. The molecule has 156 valence electrons. The number of nitrogens with one attached hydrogen (secondary N) is 1. The SMILES string of the molecule is COc1cc(CCC(=O)NC(C)C2CC3CCC2C3)ccc1OCC(F)(F)F. The van der Waals surface area contributed by atoms with Crippen LogP contribution in [0, 0.1) is 17.8 Å². The summed E-state index contributed by atoms with van der Waals surface area (Å²) >= 11 is 0. The molecule has 1 aromatic carbocycles. The molecule has 2 bridgehead atoms. The van der Waals surface area contributed by atoms with Gasteiger partial charge in [0, 0.05) is 12.5 Å². The molecule has 2 aliphatic carbocycles. The lowest BCUT2D eigenvalue weighted by molar-refractivity contribution is -0.153. The topological polar surface area (TPSA) is 47.6 Å². The number of halogens is 3. The molecule has 2 saturated carbocycles. The van der Waals surface area contributed by atoms with Crippen LogP contribution in [0.5, 0.6) is 11.5 Å². The summed E-state index contributed by atoms with van der Waals surface area (Å²) in [5.74, 6) is 2.48. The molecule has 2 aliphatic rings. The second-order valence-electron chi connectivity index (χ2n) is 8.08. The zero-order valence-corrected chi connectivity index (χ0v) is 16.3. The monoisotopic (exact) mass is 399 g/mol. The van der Waals surface area contributed by atoms with Gasteiger partial charge in [-0.05, 0) is 68.1 Å². The van der Waals surface area contributed by atoms with Crippen LogP contribution in [0.4, 0.5) is 13.2 Å². The number of benzene rings is 1. The van der Waals surface area contributed by atoms with Crippen LogP contribution in [0.3, 0.4) is 0 Å². The maximum absolute atomic E-state index is 12.3. The summed E-state index contributed by atoms with van der Waals surface area (Å²) in [4.78, 5) is 12.3. The third-order valence-electron chi connectivity index (χ3n) is 6.08. The van der Waals surface area contributed by atoms with Crippen LogP contribution in [0.25, 0.3) is 0 Å². The van der Waals surface area contributed by atoms with E-state index in [4.69, 9.17) is 9.47 Å². The van der Waals surface area contributed by atoms with Gasteiger partial charge in [-0.3, -0.25) is 4.79 Å². The molecule has 0 saturated heterocycles. The van der Waals surface area contributed by atoms with Crippen LogP contribution in [-0.4, -0.2) is 31.8 Å². The van der Waals surface area contributed by atoms with Crippen molar-refractivity contribution in [1.29, 1.82) is 0 Å². The zero-order valence-electron chi connectivity index (χ0n) is 16.3. The smallest absolute Gasteiger partial charge is 0.422 e. The number of amides is 1. The molecule has 0 spiro atoms. The Morgan fingerprint density at radius 2 is 2.04 bits per heavy atom. The Morgan fingerprint density at radius 3 is 2.64 bits per heavy atom. The highest BCUT2D eigenvalue weighted by atomic mass is 19.4. The summed E-state index contributed by atoms with van der Waals surface area (Å²) in [6.07, 6.45) is 1.58. The third kappa shape index (κ3) is 5.32. The van der Waals surface area contributed by atoms with Gasteiger partial charge < -0.3 is 14.8 Å². The van der Waals surface area contributed by atoms with Gasteiger partial charge in [-0.15, -0.1) is 0 Å². The summed E-state index contributed by atoms with van der Waals surface area (Å²) in [6.45, 7) is 0.727. The minimum Gasteiger partial charge on any atom is -0.493 e. The number of aryl methyl sites for hydroxylation is 1. The van der Waals surface area contributed by atoms with Gasteiger partial charge in [-0.2, -0.15) is 13.2 Å². The Kier molecular flexibility index (Phi) is 6.40. The minimum absolute atomic E-state index is 0.00615. The fourth-order valence-electron chi connectivity index (χ4n) is 4.74. The van der Waals surface area contributed by atoms with Crippen molar-refractivity contribution in [3.8, 4) is 11.5 Å². The van der Waals surface area contributed by atoms with Crippen LogP contribution in [0.2, 0.25) is 0 Å². The standard InChI is InChI=1S/C21H28F3NO3/c1-13(17-10-15-3-6-16(17)9-15)25-20(26)8-5-14-4-7-18(19(11-14)27-2)28-12-21(22,23)24/h4,7,11,13,15-17H,3,5-6,8-10,12H2,1-2H3,(H,25,26). The Morgan fingerprint density at radius 1 is 1.25 bits per heavy atom. The maximum atomic E-state index is 12.3. The van der Waals surface area contributed by atoms with Crippen molar-refractivity contribution in [2.45, 2.75) is 57.7 Å². The lowest BCUT2D eigenvalue weighted by Crippen LogP contribution is -2.40. The number of methoxy groups -OCH3 is 1. The molecule has 0 aromatic heterocycles. The van der Waals surface area contributed by atoms with Crippen molar-refractivity contribution < 1.29 is 27.4 Å². The van der Waals surface area contributed by atoms with Gasteiger partial charge in [-0.25, -0.2) is 0 Å². The summed E-state index contributed by atoms with van der Waals surface area (Å²) in [7, 11) is 1.38. The number of carbonyl (C=O) groups excluding carboxylic acids is 1. The van der Waals surface area contributed by atoms with Crippen LogP contribution < -0.4 is 14.8 Å². The Bertz CT molecular complexity index is 692. The van der Waals surface area contributed by atoms with Crippen molar-refractivity contribution in [3.05, 3.63) is 23.8 Å². The van der Waals surface area contributed by atoms with Crippen molar-refractivity contribution >= 4 is 5.91 Å². The summed E-state index contributed by atoms with van der Waals surface area (Å²) in [5.41, 5.74) is 0.818. The summed E-state index contributed by atoms with van der Waals surface area (Å²) in [6, 6.07) is 4.94. The van der Waals surface area contributed by atoms with E-state index < -0.39 is 12.8 Å². The van der Waals surface area contributed by atoms with Crippen molar-refractivity contribution in [1.82, 2.24) is 5.32 Å². The Balaban J connectivity index is 1.48. The van der Waals surface area contributed by atoms with E-state index in [0.717, 1.165) is 17.4 Å². The average molecular weight is 399 g/mol. The number of fused-ring (bicyclic) bond motifs is 2. The fourth-order valence-corrected chi connectivity index (χ4v) is 4.74. The fraction of sp³-hybridized carbons (Fsp3) is 0.667. The van der Waals surface area contributed by atoms with E-state index in [-0.39, 0.29) is 23.4 Å². The molecule has 0 radical (unpaired) electrons.